The maximum Gasteiger partial charge on any atom is 0.191 e. The van der Waals surface area contributed by atoms with Crippen LogP contribution in [0.25, 0.3) is 0 Å². The molecule has 0 saturated carbocycles. The molecule has 2 saturated heterocycles. The van der Waals surface area contributed by atoms with Gasteiger partial charge in [0.2, 0.25) is 0 Å². The molecule has 164 valence electrons. The van der Waals surface area contributed by atoms with Crippen molar-refractivity contribution < 1.29 is 18.6 Å². The average Bonchev–Trinajstić information content (AvgIpc) is 3.15. The summed E-state index contributed by atoms with van der Waals surface area (Å²) in [5, 5.41) is 16.4. The Kier molecular flexibility index (Phi) is 9.35. The normalized spacial score (nSPS) is 21.6. The van der Waals surface area contributed by atoms with Crippen LogP contribution in [0.4, 0.5) is 14.5 Å². The Balaban J connectivity index is 0.00000300. The summed E-state index contributed by atoms with van der Waals surface area (Å²) in [4.78, 5) is 6.42. The Hall–Kier alpha value is -1.20. The van der Waals surface area contributed by atoms with Crippen LogP contribution in [0, 0.1) is 17.0 Å². The molecule has 2 aliphatic rings. The molecule has 2 fully saturated rings. The predicted molar refractivity (Wildman–Crippen MR) is 121 cm³/mol. The van der Waals surface area contributed by atoms with E-state index >= 15 is 0 Å². The third-order valence-corrected chi connectivity index (χ3v) is 5.59. The quantitative estimate of drug-likeness (QED) is 0.303. The summed E-state index contributed by atoms with van der Waals surface area (Å²) in [6.07, 6.45) is 2.34. The topological polar surface area (TPSA) is 69.1 Å². The van der Waals surface area contributed by atoms with Gasteiger partial charge in [-0.1, -0.05) is 6.07 Å². The number of aliphatic hydroxyl groups is 1. The zero-order valence-corrected chi connectivity index (χ0v) is 19.1. The number of halogens is 3. The number of aliphatic hydroxyl groups excluding tert-OH is 1. The number of nitrogens with zero attached hydrogens (tertiary/aromatic N) is 2. The van der Waals surface area contributed by atoms with Crippen molar-refractivity contribution in [3.63, 3.8) is 0 Å². The van der Waals surface area contributed by atoms with Gasteiger partial charge in [-0.25, -0.2) is 8.78 Å². The summed E-state index contributed by atoms with van der Waals surface area (Å²) in [6, 6.07) is 3.99. The van der Waals surface area contributed by atoms with E-state index in [1.54, 1.807) is 4.90 Å². The lowest BCUT2D eigenvalue weighted by molar-refractivity contribution is -0.0106. The van der Waals surface area contributed by atoms with Gasteiger partial charge >= 0.3 is 0 Å². The summed E-state index contributed by atoms with van der Waals surface area (Å²) in [5.41, 5.74) is -0.200. The van der Waals surface area contributed by atoms with Crippen LogP contribution < -0.4 is 15.5 Å². The highest BCUT2D eigenvalue weighted by Crippen LogP contribution is 2.30. The number of nitrogens with one attached hydrogen (secondary N) is 2. The third kappa shape index (κ3) is 6.14. The lowest BCUT2D eigenvalue weighted by atomic mass is 9.81. The first kappa shape index (κ1) is 24.1. The van der Waals surface area contributed by atoms with E-state index in [1.807, 2.05) is 6.92 Å². The van der Waals surface area contributed by atoms with E-state index in [0.717, 1.165) is 19.3 Å². The van der Waals surface area contributed by atoms with Crippen molar-refractivity contribution in [2.45, 2.75) is 32.2 Å². The standard InChI is InChI=1S/C20H30F2N4O2.HI/c1-2-23-19(24-13-20(14-27)7-10-28-11-8-20)25-15-6-9-26(12-15)18-16(21)4-3-5-17(18)22;/h3-5,15,27H,2,6-14H2,1H3,(H2,23,24,25);1H. The third-order valence-electron chi connectivity index (χ3n) is 5.59. The zero-order chi connectivity index (χ0) is 20.0. The highest BCUT2D eigenvalue weighted by Gasteiger charge is 2.32. The van der Waals surface area contributed by atoms with Gasteiger partial charge in [-0.05, 0) is 38.3 Å². The van der Waals surface area contributed by atoms with Gasteiger partial charge in [0.25, 0.3) is 0 Å². The van der Waals surface area contributed by atoms with Gasteiger partial charge in [0.1, 0.15) is 17.3 Å². The number of hydrogen-bond donors (Lipinski definition) is 3. The first-order valence-corrected chi connectivity index (χ1v) is 9.99. The molecule has 0 aliphatic carbocycles. The van der Waals surface area contributed by atoms with E-state index in [-0.39, 0.29) is 47.7 Å². The summed E-state index contributed by atoms with van der Waals surface area (Å²) in [7, 11) is 0. The van der Waals surface area contributed by atoms with Crippen LogP contribution in [0.1, 0.15) is 26.2 Å². The van der Waals surface area contributed by atoms with Gasteiger partial charge in [-0.2, -0.15) is 0 Å². The first-order valence-electron chi connectivity index (χ1n) is 9.99. The molecule has 1 aromatic carbocycles. The molecule has 1 aromatic rings. The summed E-state index contributed by atoms with van der Waals surface area (Å²) < 4.78 is 33.5. The Bertz CT molecular complexity index is 666. The van der Waals surface area contributed by atoms with E-state index in [9.17, 15) is 13.9 Å². The fourth-order valence-electron chi connectivity index (χ4n) is 3.80. The molecule has 0 bridgehead atoms. The smallest absolute Gasteiger partial charge is 0.191 e. The molecule has 3 rings (SSSR count). The Morgan fingerprint density at radius 3 is 2.62 bits per heavy atom. The lowest BCUT2D eigenvalue weighted by Crippen LogP contribution is -2.46. The monoisotopic (exact) mass is 524 g/mol. The largest absolute Gasteiger partial charge is 0.396 e. The molecule has 1 atom stereocenters. The predicted octanol–water partition coefficient (Wildman–Crippen LogP) is 2.51. The molecule has 2 heterocycles. The molecule has 0 aromatic heterocycles. The summed E-state index contributed by atoms with van der Waals surface area (Å²) >= 11 is 0. The molecular weight excluding hydrogens is 493 g/mol. The van der Waals surface area contributed by atoms with Crippen LogP contribution in [-0.2, 0) is 4.74 Å². The van der Waals surface area contributed by atoms with E-state index in [4.69, 9.17) is 4.74 Å². The number of hydrogen-bond acceptors (Lipinski definition) is 4. The zero-order valence-electron chi connectivity index (χ0n) is 16.8. The fraction of sp³-hybridized carbons (Fsp3) is 0.650. The fourth-order valence-corrected chi connectivity index (χ4v) is 3.80. The molecule has 0 amide bonds. The Labute approximate surface area is 188 Å². The maximum absolute atomic E-state index is 14.0. The SMILES string of the molecule is CCNC(=NCC1(CO)CCOCC1)NC1CCN(c2c(F)cccc2F)C1.I. The van der Waals surface area contributed by atoms with Crippen LogP contribution in [0.2, 0.25) is 0 Å². The van der Waals surface area contributed by atoms with Gasteiger partial charge in [0, 0.05) is 44.3 Å². The summed E-state index contributed by atoms with van der Waals surface area (Å²) in [6.45, 7) is 5.66. The minimum atomic E-state index is -0.536. The minimum absolute atomic E-state index is 0. The molecule has 3 N–H and O–H groups in total. The number of benzene rings is 1. The second kappa shape index (κ2) is 11.3. The molecule has 0 radical (unpaired) electrons. The molecule has 0 spiro atoms. The first-order chi connectivity index (χ1) is 13.6. The van der Waals surface area contributed by atoms with Crippen molar-refractivity contribution in [2.75, 3.05) is 50.9 Å². The van der Waals surface area contributed by atoms with Crippen LogP contribution in [0.15, 0.2) is 23.2 Å². The average molecular weight is 524 g/mol. The van der Waals surface area contributed by atoms with Gasteiger partial charge < -0.3 is 25.4 Å². The Morgan fingerprint density at radius 1 is 1.31 bits per heavy atom. The Morgan fingerprint density at radius 2 is 2.00 bits per heavy atom. The van der Waals surface area contributed by atoms with E-state index in [1.165, 1.54) is 18.2 Å². The van der Waals surface area contributed by atoms with Crippen molar-refractivity contribution in [1.82, 2.24) is 10.6 Å². The van der Waals surface area contributed by atoms with E-state index in [0.29, 0.717) is 45.4 Å². The second-order valence-corrected chi connectivity index (χ2v) is 7.61. The van der Waals surface area contributed by atoms with E-state index in [2.05, 4.69) is 15.6 Å². The van der Waals surface area contributed by atoms with Crippen molar-refractivity contribution in [2.24, 2.45) is 10.4 Å². The van der Waals surface area contributed by atoms with Crippen molar-refractivity contribution >= 4 is 35.6 Å². The van der Waals surface area contributed by atoms with Crippen LogP contribution in [-0.4, -0.2) is 63.1 Å². The van der Waals surface area contributed by atoms with Crippen molar-refractivity contribution in [1.29, 1.82) is 0 Å². The second-order valence-electron chi connectivity index (χ2n) is 7.61. The number of rotatable bonds is 6. The number of guanidine groups is 1. The number of para-hydroxylation sites is 1. The molecule has 1 unspecified atom stereocenters. The maximum atomic E-state index is 14.0. The molecule has 2 aliphatic heterocycles. The molecule has 29 heavy (non-hydrogen) atoms. The molecule has 9 heteroatoms. The van der Waals surface area contributed by atoms with Crippen LogP contribution in [0.5, 0.6) is 0 Å². The van der Waals surface area contributed by atoms with Crippen molar-refractivity contribution in [3.8, 4) is 0 Å². The van der Waals surface area contributed by atoms with Crippen molar-refractivity contribution in [3.05, 3.63) is 29.8 Å². The number of anilines is 1. The number of aliphatic imine (C=N–C) groups is 1. The van der Waals surface area contributed by atoms with Gasteiger partial charge in [-0.15, -0.1) is 24.0 Å². The summed E-state index contributed by atoms with van der Waals surface area (Å²) in [5.74, 6) is -0.404. The van der Waals surface area contributed by atoms with Crippen LogP contribution >= 0.6 is 24.0 Å². The molecular formula is C20H31F2IN4O2. The molecule has 6 nitrogen and oxygen atoms in total. The van der Waals surface area contributed by atoms with Crippen LogP contribution in [0.3, 0.4) is 0 Å². The number of ether oxygens (including phenoxy) is 1. The highest BCUT2D eigenvalue weighted by molar-refractivity contribution is 14.0. The van der Waals surface area contributed by atoms with E-state index < -0.39 is 11.6 Å². The highest BCUT2D eigenvalue weighted by atomic mass is 127. The van der Waals surface area contributed by atoms with Gasteiger partial charge in [-0.3, -0.25) is 4.99 Å². The van der Waals surface area contributed by atoms with Gasteiger partial charge in [0.15, 0.2) is 5.96 Å². The van der Waals surface area contributed by atoms with Gasteiger partial charge in [0.05, 0.1) is 13.2 Å². The lowest BCUT2D eigenvalue weighted by Gasteiger charge is -2.34. The minimum Gasteiger partial charge on any atom is -0.396 e.